The normalized spacial score (nSPS) is 14.0. The van der Waals surface area contributed by atoms with Crippen molar-refractivity contribution < 1.29 is 38.4 Å². The number of aliphatic hydroxyl groups excluding tert-OH is 2. The number of carbonyl (C=O) groups excluding carboxylic acids is 1. The van der Waals surface area contributed by atoms with Crippen LogP contribution in [0, 0.1) is 11.6 Å². The van der Waals surface area contributed by atoms with Gasteiger partial charge in [0.2, 0.25) is 0 Å². The summed E-state index contributed by atoms with van der Waals surface area (Å²) >= 11 is 0. The summed E-state index contributed by atoms with van der Waals surface area (Å²) in [7, 11) is 0. The SMILES string of the molecule is CC(C)(C)OC(=O)NCC(O)C(O)c1cc(F)c(C(=O)O)cc1F. The molecule has 7 nitrogen and oxygen atoms in total. The predicted molar refractivity (Wildman–Crippen MR) is 78.5 cm³/mol. The number of rotatable bonds is 5. The quantitative estimate of drug-likeness (QED) is 0.643. The molecule has 0 aromatic heterocycles. The molecular formula is C15H19F2NO6. The Morgan fingerprint density at radius 2 is 1.79 bits per heavy atom. The minimum absolute atomic E-state index is 0.407. The molecule has 0 spiro atoms. The molecule has 0 saturated heterocycles. The van der Waals surface area contributed by atoms with Gasteiger partial charge in [-0.05, 0) is 32.9 Å². The van der Waals surface area contributed by atoms with Crippen LogP contribution >= 0.6 is 0 Å². The van der Waals surface area contributed by atoms with Gasteiger partial charge in [-0.25, -0.2) is 18.4 Å². The van der Waals surface area contributed by atoms with Gasteiger partial charge in [-0.3, -0.25) is 0 Å². The number of hydrogen-bond donors (Lipinski definition) is 4. The fourth-order valence-corrected chi connectivity index (χ4v) is 1.77. The number of carbonyl (C=O) groups is 2. The fraction of sp³-hybridized carbons (Fsp3) is 0.467. The van der Waals surface area contributed by atoms with E-state index in [4.69, 9.17) is 9.84 Å². The van der Waals surface area contributed by atoms with E-state index in [0.717, 1.165) is 0 Å². The van der Waals surface area contributed by atoms with Crippen molar-refractivity contribution in [2.24, 2.45) is 0 Å². The van der Waals surface area contributed by atoms with Crippen molar-refractivity contribution in [1.82, 2.24) is 5.32 Å². The largest absolute Gasteiger partial charge is 0.478 e. The Morgan fingerprint density at radius 1 is 1.21 bits per heavy atom. The Balaban J connectivity index is 2.79. The summed E-state index contributed by atoms with van der Waals surface area (Å²) in [6.07, 6.45) is -4.40. The third-order valence-electron chi connectivity index (χ3n) is 2.85. The summed E-state index contributed by atoms with van der Waals surface area (Å²) in [6.45, 7) is 4.39. The van der Waals surface area contributed by atoms with Crippen LogP contribution in [0.25, 0.3) is 0 Å². The molecule has 2 atom stereocenters. The van der Waals surface area contributed by atoms with Crippen LogP contribution in [0.2, 0.25) is 0 Å². The van der Waals surface area contributed by atoms with Crippen LogP contribution in [0.1, 0.15) is 42.8 Å². The molecule has 2 unspecified atom stereocenters. The number of carboxylic acids is 1. The lowest BCUT2D eigenvalue weighted by molar-refractivity contribution is 0.0111. The van der Waals surface area contributed by atoms with Crippen molar-refractivity contribution in [3.05, 3.63) is 34.9 Å². The van der Waals surface area contributed by atoms with Crippen LogP contribution in [0.4, 0.5) is 13.6 Å². The lowest BCUT2D eigenvalue weighted by Crippen LogP contribution is -2.39. The van der Waals surface area contributed by atoms with E-state index in [0.29, 0.717) is 12.1 Å². The average Bonchev–Trinajstić information content (AvgIpc) is 2.43. The van der Waals surface area contributed by atoms with Crippen molar-refractivity contribution >= 4 is 12.1 Å². The van der Waals surface area contributed by atoms with E-state index in [9.17, 15) is 28.6 Å². The Morgan fingerprint density at radius 3 is 2.29 bits per heavy atom. The third-order valence-corrected chi connectivity index (χ3v) is 2.85. The Labute approximate surface area is 136 Å². The van der Waals surface area contributed by atoms with Crippen molar-refractivity contribution in [2.45, 2.75) is 38.6 Å². The second kappa shape index (κ2) is 7.54. The molecule has 4 N–H and O–H groups in total. The molecule has 0 aliphatic carbocycles. The zero-order valence-electron chi connectivity index (χ0n) is 13.3. The summed E-state index contributed by atoms with van der Waals surface area (Å²) in [5, 5.41) is 30.5. The maximum Gasteiger partial charge on any atom is 0.407 e. The Bertz CT molecular complexity index is 629. The number of aliphatic hydroxyl groups is 2. The highest BCUT2D eigenvalue weighted by Gasteiger charge is 2.26. The first-order valence-corrected chi connectivity index (χ1v) is 6.97. The Hall–Kier alpha value is -2.26. The zero-order valence-corrected chi connectivity index (χ0v) is 13.3. The zero-order chi connectivity index (χ0) is 18.7. The van der Waals surface area contributed by atoms with Crippen LogP contribution in [-0.2, 0) is 4.74 Å². The van der Waals surface area contributed by atoms with E-state index in [1.165, 1.54) is 0 Å². The van der Waals surface area contributed by atoms with Crippen LogP contribution in [0.5, 0.6) is 0 Å². The topological polar surface area (TPSA) is 116 Å². The lowest BCUT2D eigenvalue weighted by atomic mass is 10.0. The molecule has 0 heterocycles. The number of alkyl carbamates (subject to hydrolysis) is 1. The van der Waals surface area contributed by atoms with Gasteiger partial charge in [-0.2, -0.15) is 0 Å². The van der Waals surface area contributed by atoms with Gasteiger partial charge in [0.15, 0.2) is 0 Å². The number of nitrogens with one attached hydrogen (secondary N) is 1. The molecule has 1 aromatic carbocycles. The standard InChI is InChI=1S/C15H19F2NO6/c1-15(2,3)24-14(23)18-6-11(19)12(20)7-4-10(17)8(13(21)22)5-9(7)16/h4-5,11-12,19-20H,6H2,1-3H3,(H,18,23)(H,21,22). The maximum atomic E-state index is 13.8. The van der Waals surface area contributed by atoms with Gasteiger partial charge in [0.05, 0.1) is 5.56 Å². The van der Waals surface area contributed by atoms with Gasteiger partial charge in [-0.15, -0.1) is 0 Å². The minimum atomic E-state index is -1.88. The molecular weight excluding hydrogens is 328 g/mol. The van der Waals surface area contributed by atoms with E-state index >= 15 is 0 Å². The molecule has 9 heteroatoms. The van der Waals surface area contributed by atoms with Gasteiger partial charge in [0, 0.05) is 12.1 Å². The molecule has 0 bridgehead atoms. The molecule has 0 radical (unpaired) electrons. The number of benzene rings is 1. The smallest absolute Gasteiger partial charge is 0.407 e. The second-order valence-electron chi connectivity index (χ2n) is 6.05. The summed E-state index contributed by atoms with van der Waals surface area (Å²) in [6, 6.07) is 0.893. The highest BCUT2D eigenvalue weighted by atomic mass is 19.1. The van der Waals surface area contributed by atoms with Crippen LogP contribution in [0.15, 0.2) is 12.1 Å². The molecule has 24 heavy (non-hydrogen) atoms. The van der Waals surface area contributed by atoms with Gasteiger partial charge in [0.1, 0.15) is 29.4 Å². The van der Waals surface area contributed by atoms with Gasteiger partial charge in [-0.1, -0.05) is 0 Å². The van der Waals surface area contributed by atoms with Gasteiger partial charge < -0.3 is 25.4 Å². The number of amides is 1. The third kappa shape index (κ3) is 5.43. The molecule has 1 amide bonds. The predicted octanol–water partition coefficient (Wildman–Crippen LogP) is 1.58. The monoisotopic (exact) mass is 347 g/mol. The number of halogens is 2. The van der Waals surface area contributed by atoms with Crippen molar-refractivity contribution in [3.8, 4) is 0 Å². The van der Waals surface area contributed by atoms with Crippen molar-refractivity contribution in [1.29, 1.82) is 0 Å². The molecule has 1 aromatic rings. The average molecular weight is 347 g/mol. The Kier molecular flexibility index (Phi) is 6.22. The van der Waals surface area contributed by atoms with Crippen LogP contribution < -0.4 is 5.32 Å². The van der Waals surface area contributed by atoms with E-state index in [1.807, 2.05) is 0 Å². The fourth-order valence-electron chi connectivity index (χ4n) is 1.77. The lowest BCUT2D eigenvalue weighted by Gasteiger charge is -2.22. The molecule has 0 aliphatic rings. The summed E-state index contributed by atoms with van der Waals surface area (Å²) in [4.78, 5) is 22.1. The molecule has 0 saturated carbocycles. The number of ether oxygens (including phenoxy) is 1. The number of aromatic carboxylic acids is 1. The van der Waals surface area contributed by atoms with E-state index in [-0.39, 0.29) is 0 Å². The van der Waals surface area contributed by atoms with E-state index in [2.05, 4.69) is 5.32 Å². The summed E-state index contributed by atoms with van der Waals surface area (Å²) in [5.41, 5.74) is -2.30. The first-order valence-electron chi connectivity index (χ1n) is 6.97. The first-order chi connectivity index (χ1) is 10.9. The van der Waals surface area contributed by atoms with Crippen LogP contribution in [-0.4, -0.2) is 45.6 Å². The first kappa shape index (κ1) is 19.8. The summed E-state index contributed by atoms with van der Waals surface area (Å²) in [5.74, 6) is -4.12. The van der Waals surface area contributed by atoms with E-state index in [1.54, 1.807) is 20.8 Å². The van der Waals surface area contributed by atoms with Gasteiger partial charge >= 0.3 is 12.1 Å². The van der Waals surface area contributed by atoms with Crippen molar-refractivity contribution in [2.75, 3.05) is 6.54 Å². The number of hydrogen-bond acceptors (Lipinski definition) is 5. The molecule has 1 rings (SSSR count). The minimum Gasteiger partial charge on any atom is -0.478 e. The molecule has 0 fully saturated rings. The highest BCUT2D eigenvalue weighted by Crippen LogP contribution is 2.23. The summed E-state index contributed by atoms with van der Waals surface area (Å²) < 4.78 is 32.3. The van der Waals surface area contributed by atoms with Gasteiger partial charge in [0.25, 0.3) is 0 Å². The van der Waals surface area contributed by atoms with Crippen LogP contribution in [0.3, 0.4) is 0 Å². The number of carboxylic acid groups (broad SMARTS) is 1. The molecule has 0 aliphatic heterocycles. The molecule has 134 valence electrons. The maximum absolute atomic E-state index is 13.8. The highest BCUT2D eigenvalue weighted by molar-refractivity contribution is 5.88. The second-order valence-corrected chi connectivity index (χ2v) is 6.05. The van der Waals surface area contributed by atoms with E-state index < -0.39 is 59.2 Å². The van der Waals surface area contributed by atoms with Crippen molar-refractivity contribution in [3.63, 3.8) is 0 Å².